The largest absolute Gasteiger partial charge is 0.326 e. The van der Waals surface area contributed by atoms with Crippen LogP contribution in [0.1, 0.15) is 33.4 Å². The predicted octanol–water partition coefficient (Wildman–Crippen LogP) is 3.27. The Morgan fingerprint density at radius 1 is 1.08 bits per heavy atom. The summed E-state index contributed by atoms with van der Waals surface area (Å²) in [5.41, 5.74) is 1.26. The van der Waals surface area contributed by atoms with Crippen molar-refractivity contribution in [2.45, 2.75) is 34.1 Å². The van der Waals surface area contributed by atoms with Gasteiger partial charge in [-0.05, 0) is 18.2 Å². The van der Waals surface area contributed by atoms with Crippen LogP contribution in [0.5, 0.6) is 0 Å². The molecule has 0 spiro atoms. The van der Waals surface area contributed by atoms with E-state index in [0.29, 0.717) is 22.2 Å². The number of nitrogens with one attached hydrogen (secondary N) is 3. The second-order valence-corrected chi connectivity index (χ2v) is 7.69. The van der Waals surface area contributed by atoms with Crippen molar-refractivity contribution >= 4 is 45.6 Å². The number of nitrogens with zero attached hydrogens (tertiary/aromatic N) is 1. The Bertz CT molecular complexity index is 824. The van der Waals surface area contributed by atoms with Crippen LogP contribution >= 0.6 is 11.3 Å². The van der Waals surface area contributed by atoms with Crippen LogP contribution in [0.2, 0.25) is 0 Å². The molecule has 0 radical (unpaired) electrons. The summed E-state index contributed by atoms with van der Waals surface area (Å²) in [4.78, 5) is 39.5. The van der Waals surface area contributed by atoms with Crippen LogP contribution in [0.25, 0.3) is 0 Å². The Hall–Kier alpha value is -2.74. The smallest absolute Gasteiger partial charge is 0.231 e. The second kappa shape index (κ2) is 8.09. The Balaban J connectivity index is 1.94. The molecule has 8 heteroatoms. The topological polar surface area (TPSA) is 100 Å². The van der Waals surface area contributed by atoms with E-state index in [0.717, 1.165) is 0 Å². The predicted molar refractivity (Wildman–Crippen MR) is 103 cm³/mol. The maximum absolute atomic E-state index is 12.2. The van der Waals surface area contributed by atoms with Gasteiger partial charge in [0.1, 0.15) is 0 Å². The van der Waals surface area contributed by atoms with Gasteiger partial charge in [0, 0.05) is 29.1 Å². The van der Waals surface area contributed by atoms with Gasteiger partial charge in [-0.25, -0.2) is 4.98 Å². The van der Waals surface area contributed by atoms with Crippen LogP contribution in [-0.2, 0) is 20.8 Å². The van der Waals surface area contributed by atoms with E-state index in [1.807, 2.05) is 20.8 Å². The first-order chi connectivity index (χ1) is 12.1. The highest BCUT2D eigenvalue weighted by Crippen LogP contribution is 2.21. The molecule has 0 aliphatic carbocycles. The zero-order chi connectivity index (χ0) is 19.3. The third-order valence-electron chi connectivity index (χ3n) is 3.26. The lowest BCUT2D eigenvalue weighted by Gasteiger charge is -2.15. The molecule has 1 aromatic heterocycles. The van der Waals surface area contributed by atoms with Gasteiger partial charge >= 0.3 is 0 Å². The summed E-state index contributed by atoms with van der Waals surface area (Å²) < 4.78 is 0. The Morgan fingerprint density at radius 3 is 2.35 bits per heavy atom. The number of anilines is 3. The third-order valence-corrected chi connectivity index (χ3v) is 4.07. The lowest BCUT2D eigenvalue weighted by atomic mass is 9.96. The maximum atomic E-state index is 12.2. The number of hydrogen-bond donors (Lipinski definition) is 3. The molecule has 0 saturated heterocycles. The Morgan fingerprint density at radius 2 is 1.73 bits per heavy atom. The van der Waals surface area contributed by atoms with E-state index in [1.165, 1.54) is 18.3 Å². The number of carbonyl (C=O) groups excluding carboxylic acids is 3. The van der Waals surface area contributed by atoms with Crippen LogP contribution in [0.3, 0.4) is 0 Å². The highest BCUT2D eigenvalue weighted by molar-refractivity contribution is 7.13. The fourth-order valence-corrected chi connectivity index (χ4v) is 2.68. The summed E-state index contributed by atoms with van der Waals surface area (Å²) in [6.07, 6.45) is 0.0895. The highest BCUT2D eigenvalue weighted by atomic mass is 32.1. The molecule has 3 N–H and O–H groups in total. The lowest BCUT2D eigenvalue weighted by Crippen LogP contribution is -2.27. The molecule has 0 aliphatic rings. The molecule has 0 aliphatic heterocycles. The van der Waals surface area contributed by atoms with E-state index in [4.69, 9.17) is 0 Å². The van der Waals surface area contributed by atoms with Gasteiger partial charge < -0.3 is 16.0 Å². The molecule has 0 unspecified atom stereocenters. The minimum Gasteiger partial charge on any atom is -0.326 e. The summed E-state index contributed by atoms with van der Waals surface area (Å²) in [5, 5.41) is 10.4. The summed E-state index contributed by atoms with van der Waals surface area (Å²) in [7, 11) is 0. The van der Waals surface area contributed by atoms with Crippen LogP contribution in [0.15, 0.2) is 29.6 Å². The molecule has 2 rings (SSSR count). The number of thiazole rings is 1. The molecular formula is C18H22N4O3S. The van der Waals surface area contributed by atoms with Crippen LogP contribution in [0.4, 0.5) is 16.5 Å². The number of rotatable bonds is 5. The summed E-state index contributed by atoms with van der Waals surface area (Å²) in [6, 6.07) is 6.89. The zero-order valence-electron chi connectivity index (χ0n) is 15.2. The van der Waals surface area contributed by atoms with Gasteiger partial charge in [0.2, 0.25) is 17.7 Å². The minimum absolute atomic E-state index is 0.0895. The summed E-state index contributed by atoms with van der Waals surface area (Å²) >= 11 is 1.28. The molecule has 7 nitrogen and oxygen atoms in total. The van der Waals surface area contributed by atoms with Crippen molar-refractivity contribution < 1.29 is 14.4 Å². The van der Waals surface area contributed by atoms with Gasteiger partial charge in [0.15, 0.2) is 5.13 Å². The molecular weight excluding hydrogens is 352 g/mol. The van der Waals surface area contributed by atoms with Gasteiger partial charge in [0.05, 0.1) is 12.1 Å². The Kier molecular flexibility index (Phi) is 6.10. The molecule has 0 bridgehead atoms. The van der Waals surface area contributed by atoms with Gasteiger partial charge in [0.25, 0.3) is 0 Å². The number of hydrogen-bond acceptors (Lipinski definition) is 5. The van der Waals surface area contributed by atoms with Crippen LogP contribution < -0.4 is 16.0 Å². The first kappa shape index (κ1) is 19.6. The molecule has 2 aromatic rings. The molecule has 0 fully saturated rings. The van der Waals surface area contributed by atoms with Crippen molar-refractivity contribution in [1.29, 1.82) is 0 Å². The van der Waals surface area contributed by atoms with E-state index < -0.39 is 5.41 Å². The number of carbonyl (C=O) groups is 3. The summed E-state index contributed by atoms with van der Waals surface area (Å²) in [6.45, 7) is 6.88. The molecule has 1 heterocycles. The van der Waals surface area contributed by atoms with E-state index in [2.05, 4.69) is 20.9 Å². The monoisotopic (exact) mass is 374 g/mol. The molecule has 3 amide bonds. The second-order valence-electron chi connectivity index (χ2n) is 6.84. The first-order valence-corrected chi connectivity index (χ1v) is 8.95. The third kappa shape index (κ3) is 5.96. The van der Waals surface area contributed by atoms with Gasteiger partial charge in [-0.2, -0.15) is 0 Å². The van der Waals surface area contributed by atoms with Crippen LogP contribution in [-0.4, -0.2) is 22.7 Å². The lowest BCUT2D eigenvalue weighted by molar-refractivity contribution is -0.123. The molecule has 1 aromatic carbocycles. The van der Waals surface area contributed by atoms with E-state index in [9.17, 15) is 14.4 Å². The number of benzene rings is 1. The maximum Gasteiger partial charge on any atom is 0.231 e. The molecule has 0 saturated carbocycles. The molecule has 26 heavy (non-hydrogen) atoms. The minimum atomic E-state index is -0.512. The van der Waals surface area contributed by atoms with Crippen molar-refractivity contribution in [3.63, 3.8) is 0 Å². The molecule has 138 valence electrons. The standard InChI is InChI=1S/C18H22N4O3S/c1-11(23)19-12-6-5-7-13(8-12)20-15(24)9-14-10-26-17(21-14)22-16(25)18(2,3)4/h5-8,10H,9H2,1-4H3,(H,19,23)(H,20,24)(H,21,22,25). The van der Waals surface area contributed by atoms with E-state index >= 15 is 0 Å². The average molecular weight is 374 g/mol. The fourth-order valence-electron chi connectivity index (χ4n) is 1.98. The fraction of sp³-hybridized carbons (Fsp3) is 0.333. The van der Waals surface area contributed by atoms with Crippen molar-refractivity contribution in [1.82, 2.24) is 4.98 Å². The normalized spacial score (nSPS) is 10.9. The SMILES string of the molecule is CC(=O)Nc1cccc(NC(=O)Cc2csc(NC(=O)C(C)(C)C)n2)c1. The first-order valence-electron chi connectivity index (χ1n) is 8.07. The Labute approximate surface area is 156 Å². The van der Waals surface area contributed by atoms with E-state index in [-0.39, 0.29) is 24.1 Å². The molecule has 0 atom stereocenters. The highest BCUT2D eigenvalue weighted by Gasteiger charge is 2.22. The van der Waals surface area contributed by atoms with Gasteiger partial charge in [-0.15, -0.1) is 11.3 Å². The average Bonchev–Trinajstić information content (AvgIpc) is 2.92. The summed E-state index contributed by atoms with van der Waals surface area (Å²) in [5.74, 6) is -0.539. The zero-order valence-corrected chi connectivity index (χ0v) is 16.0. The quantitative estimate of drug-likeness (QED) is 0.748. The number of aromatic nitrogens is 1. The van der Waals surface area contributed by atoms with E-state index in [1.54, 1.807) is 29.6 Å². The van der Waals surface area contributed by atoms with Crippen molar-refractivity contribution in [3.8, 4) is 0 Å². The van der Waals surface area contributed by atoms with Crippen molar-refractivity contribution in [3.05, 3.63) is 35.3 Å². The number of amides is 3. The van der Waals surface area contributed by atoms with Gasteiger partial charge in [-0.1, -0.05) is 26.8 Å². The van der Waals surface area contributed by atoms with Crippen molar-refractivity contribution in [2.24, 2.45) is 5.41 Å². The van der Waals surface area contributed by atoms with Gasteiger partial charge in [-0.3, -0.25) is 14.4 Å². The van der Waals surface area contributed by atoms with Crippen molar-refractivity contribution in [2.75, 3.05) is 16.0 Å². The van der Waals surface area contributed by atoms with Crippen LogP contribution in [0, 0.1) is 5.41 Å².